The average molecular weight is 315 g/mol. The molecule has 0 saturated carbocycles. The summed E-state index contributed by atoms with van der Waals surface area (Å²) in [5, 5.41) is 3.05. The molecule has 0 heterocycles. The summed E-state index contributed by atoms with van der Waals surface area (Å²) in [6.07, 6.45) is 0. The third-order valence-corrected chi connectivity index (χ3v) is 5.75. The van der Waals surface area contributed by atoms with Crippen molar-refractivity contribution < 1.29 is 17.9 Å². The lowest BCUT2D eigenvalue weighted by Crippen LogP contribution is -2.32. The molecule has 1 aromatic rings. The van der Waals surface area contributed by atoms with E-state index in [9.17, 15) is 8.42 Å². The van der Waals surface area contributed by atoms with Crippen molar-refractivity contribution in [2.75, 3.05) is 26.5 Å². The normalized spacial score (nSPS) is 12.2. The fourth-order valence-corrected chi connectivity index (χ4v) is 2.69. The van der Waals surface area contributed by atoms with Crippen molar-refractivity contribution in [2.24, 2.45) is 0 Å². The average Bonchev–Trinajstić information content (AvgIpc) is 2.39. The number of hydrogen-bond donors (Lipinski definition) is 1. The molecule has 1 aromatic carbocycles. The number of benzene rings is 1. The van der Waals surface area contributed by atoms with Crippen molar-refractivity contribution >= 4 is 9.84 Å². The quantitative estimate of drug-likeness (QED) is 0.834. The highest BCUT2D eigenvalue weighted by Gasteiger charge is 2.28. The zero-order chi connectivity index (χ0) is 16.1. The lowest BCUT2D eigenvalue weighted by molar-refractivity contribution is 0.307. The number of sulfone groups is 1. The minimum absolute atomic E-state index is 0.0203. The van der Waals surface area contributed by atoms with Gasteiger partial charge in [-0.1, -0.05) is 12.1 Å². The van der Waals surface area contributed by atoms with Crippen LogP contribution < -0.4 is 14.8 Å². The van der Waals surface area contributed by atoms with Crippen LogP contribution in [0.5, 0.6) is 11.5 Å². The summed E-state index contributed by atoms with van der Waals surface area (Å²) in [6, 6.07) is 5.60. The number of ether oxygens (including phenoxy) is 2. The molecular formula is C15H25NO4S. The lowest BCUT2D eigenvalue weighted by atomic mass is 10.2. The van der Waals surface area contributed by atoms with E-state index in [1.54, 1.807) is 33.9 Å². The van der Waals surface area contributed by atoms with Crippen molar-refractivity contribution in [3.8, 4) is 11.5 Å². The molecule has 0 fully saturated rings. The number of nitrogens with one attached hydrogen (secondary N) is 1. The molecule has 0 spiro atoms. The van der Waals surface area contributed by atoms with Crippen LogP contribution in [0.25, 0.3) is 0 Å². The largest absolute Gasteiger partial charge is 0.493 e. The highest BCUT2D eigenvalue weighted by Crippen LogP contribution is 2.31. The van der Waals surface area contributed by atoms with Crippen LogP contribution in [0.1, 0.15) is 26.3 Å². The molecule has 0 aliphatic heterocycles. The van der Waals surface area contributed by atoms with Gasteiger partial charge in [-0.3, -0.25) is 0 Å². The Morgan fingerprint density at radius 1 is 1.24 bits per heavy atom. The molecule has 0 amide bonds. The van der Waals surface area contributed by atoms with Crippen LogP contribution in [0, 0.1) is 0 Å². The molecule has 0 aliphatic carbocycles. The molecule has 5 nitrogen and oxygen atoms in total. The molecule has 1 N–H and O–H groups in total. The number of hydrogen-bond acceptors (Lipinski definition) is 5. The van der Waals surface area contributed by atoms with E-state index in [2.05, 4.69) is 5.32 Å². The minimum atomic E-state index is -3.19. The van der Waals surface area contributed by atoms with Crippen LogP contribution in [0.3, 0.4) is 0 Å². The second-order valence-corrected chi connectivity index (χ2v) is 8.62. The van der Waals surface area contributed by atoms with Gasteiger partial charge in [0.25, 0.3) is 0 Å². The Balaban J connectivity index is 2.84. The Bertz CT molecular complexity index is 562. The van der Waals surface area contributed by atoms with Crippen LogP contribution in [-0.4, -0.2) is 39.7 Å². The van der Waals surface area contributed by atoms with Crippen LogP contribution in [0.15, 0.2) is 18.2 Å². The number of methoxy groups -OCH3 is 1. The van der Waals surface area contributed by atoms with E-state index < -0.39 is 14.6 Å². The van der Waals surface area contributed by atoms with E-state index in [1.807, 2.05) is 19.2 Å². The van der Waals surface area contributed by atoms with E-state index in [0.717, 1.165) is 5.56 Å². The number of rotatable bonds is 7. The van der Waals surface area contributed by atoms with Gasteiger partial charge in [0, 0.05) is 12.1 Å². The molecule has 0 aliphatic rings. The standard InChI is InChI=1S/C15H25NO4S/c1-15(2,3)21(17,18)10-9-20-14-12(11-16-4)7-6-8-13(14)19-5/h6-8,16H,9-11H2,1-5H3. The van der Waals surface area contributed by atoms with E-state index in [-0.39, 0.29) is 12.4 Å². The first-order valence-electron chi connectivity index (χ1n) is 6.88. The van der Waals surface area contributed by atoms with Gasteiger partial charge in [0.1, 0.15) is 6.61 Å². The predicted molar refractivity (Wildman–Crippen MR) is 84.8 cm³/mol. The van der Waals surface area contributed by atoms with E-state index in [4.69, 9.17) is 9.47 Å². The number of para-hydroxylation sites is 1. The fraction of sp³-hybridized carbons (Fsp3) is 0.600. The van der Waals surface area contributed by atoms with E-state index in [0.29, 0.717) is 18.0 Å². The summed E-state index contributed by atoms with van der Waals surface area (Å²) in [5.41, 5.74) is 0.935. The first kappa shape index (κ1) is 17.8. The predicted octanol–water partition coefficient (Wildman–Crippen LogP) is 2.01. The van der Waals surface area contributed by atoms with Gasteiger partial charge < -0.3 is 14.8 Å². The smallest absolute Gasteiger partial charge is 0.165 e. The molecule has 120 valence electrons. The van der Waals surface area contributed by atoms with Gasteiger partial charge in [-0.25, -0.2) is 8.42 Å². The molecule has 0 aromatic heterocycles. The molecule has 6 heteroatoms. The Morgan fingerprint density at radius 2 is 1.90 bits per heavy atom. The van der Waals surface area contributed by atoms with E-state index in [1.165, 1.54) is 0 Å². The van der Waals surface area contributed by atoms with Gasteiger partial charge in [-0.2, -0.15) is 0 Å². The summed E-state index contributed by atoms with van der Waals surface area (Å²) >= 11 is 0. The fourth-order valence-electron chi connectivity index (χ4n) is 1.78. The molecule has 0 atom stereocenters. The molecule has 0 saturated heterocycles. The van der Waals surface area contributed by atoms with Crippen LogP contribution in [0.4, 0.5) is 0 Å². The Morgan fingerprint density at radius 3 is 2.43 bits per heavy atom. The van der Waals surface area contributed by atoms with Crippen molar-refractivity contribution in [3.63, 3.8) is 0 Å². The highest BCUT2D eigenvalue weighted by atomic mass is 32.2. The Kier molecular flexibility index (Phi) is 6.04. The summed E-state index contributed by atoms with van der Waals surface area (Å²) in [4.78, 5) is 0. The van der Waals surface area contributed by atoms with Crippen molar-refractivity contribution in [1.82, 2.24) is 5.32 Å². The third-order valence-electron chi connectivity index (χ3n) is 3.18. The second kappa shape index (κ2) is 7.13. The molecule has 0 radical (unpaired) electrons. The Labute approximate surface area is 127 Å². The lowest BCUT2D eigenvalue weighted by Gasteiger charge is -2.20. The van der Waals surface area contributed by atoms with Crippen molar-refractivity contribution in [1.29, 1.82) is 0 Å². The van der Waals surface area contributed by atoms with Gasteiger partial charge in [0.15, 0.2) is 21.3 Å². The molecule has 0 bridgehead atoms. The zero-order valence-electron chi connectivity index (χ0n) is 13.4. The first-order chi connectivity index (χ1) is 9.73. The van der Waals surface area contributed by atoms with E-state index >= 15 is 0 Å². The maximum atomic E-state index is 12.1. The van der Waals surface area contributed by atoms with Gasteiger partial charge in [-0.05, 0) is 33.9 Å². The molecule has 1 rings (SSSR count). The summed E-state index contributed by atoms with van der Waals surface area (Å²) in [6.45, 7) is 5.81. The highest BCUT2D eigenvalue weighted by molar-refractivity contribution is 7.92. The van der Waals surface area contributed by atoms with Gasteiger partial charge >= 0.3 is 0 Å². The molecule has 21 heavy (non-hydrogen) atoms. The van der Waals surface area contributed by atoms with Gasteiger partial charge in [-0.15, -0.1) is 0 Å². The summed E-state index contributed by atoms with van der Waals surface area (Å²) < 4.78 is 34.4. The van der Waals surface area contributed by atoms with Crippen LogP contribution in [-0.2, 0) is 16.4 Å². The first-order valence-corrected chi connectivity index (χ1v) is 8.53. The van der Waals surface area contributed by atoms with Crippen LogP contribution >= 0.6 is 0 Å². The molecular weight excluding hydrogens is 290 g/mol. The van der Waals surface area contributed by atoms with Gasteiger partial charge in [0.2, 0.25) is 0 Å². The Hall–Kier alpha value is -1.27. The van der Waals surface area contributed by atoms with Crippen molar-refractivity contribution in [3.05, 3.63) is 23.8 Å². The maximum Gasteiger partial charge on any atom is 0.165 e. The summed E-state index contributed by atoms with van der Waals surface area (Å²) in [7, 11) is 0.213. The minimum Gasteiger partial charge on any atom is -0.493 e. The zero-order valence-corrected chi connectivity index (χ0v) is 14.2. The SMILES string of the molecule is CNCc1cccc(OC)c1OCCS(=O)(=O)C(C)(C)C. The maximum absolute atomic E-state index is 12.1. The van der Waals surface area contributed by atoms with Crippen molar-refractivity contribution in [2.45, 2.75) is 32.1 Å². The monoisotopic (exact) mass is 315 g/mol. The van der Waals surface area contributed by atoms with Crippen LogP contribution in [0.2, 0.25) is 0 Å². The van der Waals surface area contributed by atoms with Gasteiger partial charge in [0.05, 0.1) is 17.6 Å². The third kappa shape index (κ3) is 4.61. The summed E-state index contributed by atoms with van der Waals surface area (Å²) in [5.74, 6) is 1.18. The second-order valence-electron chi connectivity index (χ2n) is 5.76. The topological polar surface area (TPSA) is 64.6 Å². The molecule has 0 unspecified atom stereocenters.